The highest BCUT2D eigenvalue weighted by Crippen LogP contribution is 2.31. The topological polar surface area (TPSA) is 102 Å². The highest BCUT2D eigenvalue weighted by atomic mass is 35.5. The third-order valence-electron chi connectivity index (χ3n) is 4.26. The second-order valence-electron chi connectivity index (χ2n) is 6.13. The minimum absolute atomic E-state index is 0. The monoisotopic (exact) mass is 442 g/mol. The van der Waals surface area contributed by atoms with Gasteiger partial charge in [0.25, 0.3) is 0 Å². The van der Waals surface area contributed by atoms with Crippen LogP contribution in [0, 0.1) is 5.82 Å². The van der Waals surface area contributed by atoms with Crippen LogP contribution in [-0.4, -0.2) is 40.9 Å². The van der Waals surface area contributed by atoms with Gasteiger partial charge < -0.3 is 14.8 Å². The van der Waals surface area contributed by atoms with Gasteiger partial charge in [0.05, 0.1) is 17.2 Å². The lowest BCUT2D eigenvalue weighted by Crippen LogP contribution is -2.34. The first kappa shape index (κ1) is 21.3. The van der Waals surface area contributed by atoms with Crippen LogP contribution in [-0.2, 0) is 4.74 Å². The zero-order valence-corrected chi connectivity index (χ0v) is 16.5. The number of ether oxygens (including phenoxy) is 2. The van der Waals surface area contributed by atoms with Gasteiger partial charge in [-0.2, -0.15) is 0 Å². The number of H-pyrrole nitrogens is 1. The summed E-state index contributed by atoms with van der Waals surface area (Å²) in [6.07, 6.45) is 0.488. The maximum Gasteiger partial charge on any atom is 0.439 e. The van der Waals surface area contributed by atoms with Crippen LogP contribution in [0.15, 0.2) is 45.8 Å². The third kappa shape index (κ3) is 4.76. The molecule has 11 heteroatoms. The van der Waals surface area contributed by atoms with E-state index in [9.17, 15) is 9.18 Å². The fourth-order valence-corrected chi connectivity index (χ4v) is 3.09. The molecule has 2 N–H and O–H groups in total. The van der Waals surface area contributed by atoms with Crippen LogP contribution in [0.4, 0.5) is 4.39 Å². The molecule has 1 saturated heterocycles. The van der Waals surface area contributed by atoms with Crippen molar-refractivity contribution < 1.29 is 18.4 Å². The van der Waals surface area contributed by atoms with Crippen molar-refractivity contribution in [3.8, 4) is 17.3 Å². The number of halogens is 3. The van der Waals surface area contributed by atoms with E-state index in [2.05, 4.69) is 25.0 Å². The summed E-state index contributed by atoms with van der Waals surface area (Å²) in [5, 5.41) is 6.94. The summed E-state index contributed by atoms with van der Waals surface area (Å²) in [6, 6.07) is 7.90. The summed E-state index contributed by atoms with van der Waals surface area (Å²) >= 11 is 5.79. The van der Waals surface area contributed by atoms with Crippen molar-refractivity contribution in [2.24, 2.45) is 0 Å². The smallest absolute Gasteiger partial charge is 0.439 e. The zero-order valence-electron chi connectivity index (χ0n) is 14.9. The molecule has 1 aliphatic heterocycles. The van der Waals surface area contributed by atoms with E-state index < -0.39 is 23.8 Å². The molecule has 29 heavy (non-hydrogen) atoms. The van der Waals surface area contributed by atoms with Gasteiger partial charge in [0.15, 0.2) is 5.82 Å². The van der Waals surface area contributed by atoms with E-state index in [1.165, 1.54) is 12.1 Å². The molecule has 4 rings (SSSR count). The lowest BCUT2D eigenvalue weighted by molar-refractivity contribution is -0.00996. The second kappa shape index (κ2) is 9.36. The van der Waals surface area contributed by atoms with Crippen molar-refractivity contribution in [3.05, 3.63) is 63.5 Å². The Kier molecular flexibility index (Phi) is 6.86. The highest BCUT2D eigenvalue weighted by molar-refractivity contribution is 6.30. The molecule has 3 aromatic rings. The van der Waals surface area contributed by atoms with Crippen LogP contribution in [0.25, 0.3) is 11.4 Å². The molecule has 2 aromatic heterocycles. The number of pyridine rings is 1. The Morgan fingerprint density at radius 2 is 2.17 bits per heavy atom. The van der Waals surface area contributed by atoms with E-state index in [0.717, 1.165) is 0 Å². The third-order valence-corrected chi connectivity index (χ3v) is 4.57. The van der Waals surface area contributed by atoms with E-state index in [-0.39, 0.29) is 29.1 Å². The van der Waals surface area contributed by atoms with E-state index in [1.807, 2.05) is 0 Å². The maximum atomic E-state index is 14.0. The average Bonchev–Trinajstić information content (AvgIpc) is 2.99. The van der Waals surface area contributed by atoms with Crippen molar-refractivity contribution in [3.63, 3.8) is 0 Å². The van der Waals surface area contributed by atoms with Crippen LogP contribution < -0.4 is 15.8 Å². The first-order valence-corrected chi connectivity index (χ1v) is 8.95. The summed E-state index contributed by atoms with van der Waals surface area (Å²) in [5.41, 5.74) is 1.06. The van der Waals surface area contributed by atoms with E-state index >= 15 is 0 Å². The predicted molar refractivity (Wildman–Crippen MR) is 105 cm³/mol. The molecular formula is C18H17Cl2FN4O4. The van der Waals surface area contributed by atoms with Gasteiger partial charge >= 0.3 is 5.76 Å². The number of hydrogen-bond donors (Lipinski definition) is 2. The molecule has 3 heterocycles. The number of hydrogen-bond acceptors (Lipinski definition) is 7. The molecule has 0 radical (unpaired) electrons. The number of aromatic amines is 1. The number of nitrogens with one attached hydrogen (secondary N) is 2. The fraction of sp³-hybridized carbons (Fsp3) is 0.278. The second-order valence-corrected chi connectivity index (χ2v) is 6.53. The first-order chi connectivity index (χ1) is 13.6. The molecule has 0 saturated carbocycles. The predicted octanol–water partition coefficient (Wildman–Crippen LogP) is 2.75. The molecule has 0 bridgehead atoms. The Bertz CT molecular complexity index is 1030. The van der Waals surface area contributed by atoms with Crippen LogP contribution in [0.3, 0.4) is 0 Å². The van der Waals surface area contributed by atoms with Gasteiger partial charge in [0.2, 0.25) is 5.88 Å². The molecule has 1 aliphatic rings. The van der Waals surface area contributed by atoms with Crippen LogP contribution in [0.5, 0.6) is 5.88 Å². The van der Waals surface area contributed by atoms with E-state index in [1.54, 1.807) is 24.4 Å². The summed E-state index contributed by atoms with van der Waals surface area (Å²) in [6.45, 7) is 1.50. The highest BCUT2D eigenvalue weighted by Gasteiger charge is 2.30. The Labute approximate surface area is 175 Å². The van der Waals surface area contributed by atoms with Crippen LogP contribution in [0.2, 0.25) is 5.02 Å². The molecule has 0 unspecified atom stereocenters. The summed E-state index contributed by atoms with van der Waals surface area (Å²) < 4.78 is 30.5. The molecule has 154 valence electrons. The largest absolute Gasteiger partial charge is 0.469 e. The fourth-order valence-electron chi connectivity index (χ4n) is 2.97. The number of aromatic nitrogens is 3. The van der Waals surface area contributed by atoms with Gasteiger partial charge in [0, 0.05) is 19.3 Å². The van der Waals surface area contributed by atoms with Crippen LogP contribution in [0.1, 0.15) is 11.7 Å². The van der Waals surface area contributed by atoms with Crippen molar-refractivity contribution in [2.45, 2.75) is 12.2 Å². The van der Waals surface area contributed by atoms with E-state index in [0.29, 0.717) is 30.8 Å². The molecular weight excluding hydrogens is 426 g/mol. The Morgan fingerprint density at radius 3 is 2.93 bits per heavy atom. The maximum absolute atomic E-state index is 14.0. The summed E-state index contributed by atoms with van der Waals surface area (Å²) in [4.78, 5) is 18.0. The molecule has 0 amide bonds. The number of benzene rings is 1. The molecule has 0 aliphatic carbocycles. The van der Waals surface area contributed by atoms with Crippen LogP contribution >= 0.6 is 24.0 Å². The van der Waals surface area contributed by atoms with E-state index in [4.69, 9.17) is 21.1 Å². The lowest BCUT2D eigenvalue weighted by atomic mass is 10.0. The van der Waals surface area contributed by atoms with Gasteiger partial charge in [-0.05, 0) is 29.8 Å². The van der Waals surface area contributed by atoms with Gasteiger partial charge in [-0.1, -0.05) is 22.8 Å². The molecule has 0 spiro atoms. The SMILES string of the molecule is Cl.O=c1[nH]c(-c2cccnc2O[C@H]2CNCCO[C@H]2c2ccc(Cl)c(F)c2)no1. The standard InChI is InChI=1S/C18H16ClFN4O4.ClH/c19-12-4-3-10(8-13(12)20)15-14(9-21-6-7-26-15)27-17-11(2-1-5-22-17)16-23-18(25)28-24-16;/h1-5,8,14-15,21H,6-7,9H2,(H,23,24,25);1H/t14-,15-;/m0./s1. The lowest BCUT2D eigenvalue weighted by Gasteiger charge is -2.26. The quantitative estimate of drug-likeness (QED) is 0.640. The minimum atomic E-state index is -0.682. The Balaban J connectivity index is 0.00000240. The molecule has 1 aromatic carbocycles. The minimum Gasteiger partial charge on any atom is -0.469 e. The van der Waals surface area contributed by atoms with Gasteiger partial charge in [0.1, 0.15) is 18.0 Å². The Morgan fingerprint density at radius 1 is 1.31 bits per heavy atom. The van der Waals surface area contributed by atoms with Gasteiger partial charge in [-0.25, -0.2) is 14.2 Å². The first-order valence-electron chi connectivity index (χ1n) is 8.57. The van der Waals surface area contributed by atoms with Gasteiger partial charge in [-0.15, -0.1) is 12.4 Å². The number of rotatable bonds is 4. The summed E-state index contributed by atoms with van der Waals surface area (Å²) in [7, 11) is 0. The Hall–Kier alpha value is -2.46. The molecule has 8 nitrogen and oxygen atoms in total. The molecule has 2 atom stereocenters. The zero-order chi connectivity index (χ0) is 19.5. The van der Waals surface area contributed by atoms with Crippen molar-refractivity contribution in [1.29, 1.82) is 0 Å². The number of nitrogens with zero attached hydrogens (tertiary/aromatic N) is 2. The molecule has 1 fully saturated rings. The average molecular weight is 443 g/mol. The summed E-state index contributed by atoms with van der Waals surface area (Å²) in [5.74, 6) is -0.773. The van der Waals surface area contributed by atoms with Gasteiger partial charge in [-0.3, -0.25) is 9.51 Å². The van der Waals surface area contributed by atoms with Crippen molar-refractivity contribution >= 4 is 24.0 Å². The van der Waals surface area contributed by atoms with Crippen molar-refractivity contribution in [1.82, 2.24) is 20.4 Å². The van der Waals surface area contributed by atoms with Crippen molar-refractivity contribution in [2.75, 3.05) is 19.7 Å². The normalized spacial score (nSPS) is 19.2.